The fourth-order valence-corrected chi connectivity index (χ4v) is 2.15. The zero-order chi connectivity index (χ0) is 12.7. The summed E-state index contributed by atoms with van der Waals surface area (Å²) < 4.78 is 5.75. The number of nitrogens with two attached hydrogens (primary N) is 1. The smallest absolute Gasteiger partial charge is 0.135 e. The van der Waals surface area contributed by atoms with E-state index in [-0.39, 0.29) is 0 Å². The van der Waals surface area contributed by atoms with E-state index in [1.165, 1.54) is 0 Å². The maximum atomic E-state index is 5.94. The van der Waals surface area contributed by atoms with Gasteiger partial charge >= 0.3 is 0 Å². The average Bonchev–Trinajstić information content (AvgIpc) is 2.75. The highest BCUT2D eigenvalue weighted by Gasteiger charge is 2.08. The predicted octanol–water partition coefficient (Wildman–Crippen LogP) is 4.99. The minimum atomic E-state index is 0.535. The second kappa shape index (κ2) is 4.23. The molecule has 1 aromatic heterocycles. The van der Waals surface area contributed by atoms with Crippen molar-refractivity contribution in [1.29, 1.82) is 0 Å². The number of anilines is 1. The zero-order valence-corrected chi connectivity index (χ0v) is 10.8. The molecule has 4 heteroatoms. The van der Waals surface area contributed by atoms with Crippen molar-refractivity contribution in [3.05, 3.63) is 52.5 Å². The van der Waals surface area contributed by atoms with Gasteiger partial charge in [0.1, 0.15) is 11.3 Å². The number of halogens is 2. The molecular weight excluding hydrogens is 269 g/mol. The van der Waals surface area contributed by atoms with E-state index in [9.17, 15) is 0 Å². The fraction of sp³-hybridized carbons (Fsp3) is 0. The fourth-order valence-electron chi connectivity index (χ4n) is 1.85. The summed E-state index contributed by atoms with van der Waals surface area (Å²) in [6, 6.07) is 12.9. The third-order valence-corrected chi connectivity index (χ3v) is 3.34. The summed E-state index contributed by atoms with van der Waals surface area (Å²) in [5, 5.41) is 2.19. The predicted molar refractivity (Wildman–Crippen MR) is 76.1 cm³/mol. The molecule has 3 rings (SSSR count). The van der Waals surface area contributed by atoms with E-state index in [0.717, 1.165) is 22.3 Å². The van der Waals surface area contributed by atoms with Crippen molar-refractivity contribution in [2.45, 2.75) is 0 Å². The van der Waals surface area contributed by atoms with E-state index in [2.05, 4.69) is 0 Å². The van der Waals surface area contributed by atoms with Crippen LogP contribution in [0.15, 0.2) is 46.9 Å². The monoisotopic (exact) mass is 277 g/mol. The first-order valence-corrected chi connectivity index (χ1v) is 6.13. The van der Waals surface area contributed by atoms with Crippen LogP contribution in [0.25, 0.3) is 22.3 Å². The molecule has 18 heavy (non-hydrogen) atoms. The van der Waals surface area contributed by atoms with E-state index in [0.29, 0.717) is 15.7 Å². The third kappa shape index (κ3) is 1.94. The lowest BCUT2D eigenvalue weighted by molar-refractivity contribution is 0.631. The van der Waals surface area contributed by atoms with Gasteiger partial charge in [-0.1, -0.05) is 23.2 Å². The lowest BCUT2D eigenvalue weighted by Crippen LogP contribution is -1.86. The number of benzene rings is 2. The first-order valence-electron chi connectivity index (χ1n) is 5.38. The maximum Gasteiger partial charge on any atom is 0.135 e. The molecule has 0 saturated heterocycles. The molecule has 0 aliphatic carbocycles. The van der Waals surface area contributed by atoms with Crippen molar-refractivity contribution in [2.75, 3.05) is 5.73 Å². The molecule has 2 aromatic carbocycles. The number of hydrogen-bond acceptors (Lipinski definition) is 2. The van der Waals surface area contributed by atoms with Gasteiger partial charge in [0.2, 0.25) is 0 Å². The largest absolute Gasteiger partial charge is 0.456 e. The Hall–Kier alpha value is -1.64. The molecule has 0 aliphatic rings. The first-order chi connectivity index (χ1) is 8.63. The molecule has 2 nitrogen and oxygen atoms in total. The molecule has 0 radical (unpaired) electrons. The van der Waals surface area contributed by atoms with Crippen LogP contribution in [-0.2, 0) is 0 Å². The van der Waals surface area contributed by atoms with Crippen LogP contribution < -0.4 is 5.73 Å². The van der Waals surface area contributed by atoms with Crippen molar-refractivity contribution in [1.82, 2.24) is 0 Å². The summed E-state index contributed by atoms with van der Waals surface area (Å²) in [6.07, 6.45) is 0. The molecule has 90 valence electrons. The van der Waals surface area contributed by atoms with Crippen LogP contribution in [-0.4, -0.2) is 0 Å². The van der Waals surface area contributed by atoms with Gasteiger partial charge in [-0.05, 0) is 42.5 Å². The summed E-state index contributed by atoms with van der Waals surface area (Å²) in [5.41, 5.74) is 8.00. The normalized spacial score (nSPS) is 11.0. The number of furan rings is 1. The molecule has 0 atom stereocenters. The second-order valence-corrected chi connectivity index (χ2v) is 4.87. The van der Waals surface area contributed by atoms with Crippen LogP contribution >= 0.6 is 23.2 Å². The van der Waals surface area contributed by atoms with Gasteiger partial charge in [-0.15, -0.1) is 0 Å². The van der Waals surface area contributed by atoms with Crippen molar-refractivity contribution in [2.24, 2.45) is 0 Å². The molecular formula is C14H9Cl2NO. The Kier molecular flexibility index (Phi) is 2.69. The third-order valence-electron chi connectivity index (χ3n) is 2.76. The highest BCUT2D eigenvalue weighted by atomic mass is 35.5. The van der Waals surface area contributed by atoms with Crippen LogP contribution in [0.1, 0.15) is 0 Å². The summed E-state index contributed by atoms with van der Waals surface area (Å²) in [4.78, 5) is 0. The molecule has 0 fully saturated rings. The van der Waals surface area contributed by atoms with Crippen LogP contribution in [0.4, 0.5) is 5.69 Å². The quantitative estimate of drug-likeness (QED) is 0.637. The molecule has 0 bridgehead atoms. The van der Waals surface area contributed by atoms with Gasteiger partial charge in [-0.2, -0.15) is 0 Å². The Morgan fingerprint density at radius 1 is 0.944 bits per heavy atom. The molecule has 0 spiro atoms. The zero-order valence-electron chi connectivity index (χ0n) is 9.28. The van der Waals surface area contributed by atoms with E-state index >= 15 is 0 Å². The van der Waals surface area contributed by atoms with Crippen LogP contribution in [0.2, 0.25) is 10.0 Å². The number of hydrogen-bond donors (Lipinski definition) is 1. The van der Waals surface area contributed by atoms with Gasteiger partial charge in [-0.3, -0.25) is 0 Å². The van der Waals surface area contributed by atoms with Crippen molar-refractivity contribution >= 4 is 39.9 Å². The highest BCUT2D eigenvalue weighted by Crippen LogP contribution is 2.32. The average molecular weight is 278 g/mol. The second-order valence-electron chi connectivity index (χ2n) is 4.03. The molecule has 1 heterocycles. The Morgan fingerprint density at radius 3 is 2.56 bits per heavy atom. The Bertz CT molecular complexity index is 734. The molecule has 0 saturated carbocycles. The summed E-state index contributed by atoms with van der Waals surface area (Å²) >= 11 is 11.8. The van der Waals surface area contributed by atoms with E-state index in [1.54, 1.807) is 18.2 Å². The van der Waals surface area contributed by atoms with E-state index in [4.69, 9.17) is 33.4 Å². The van der Waals surface area contributed by atoms with Gasteiger partial charge < -0.3 is 10.2 Å². The molecule has 0 unspecified atom stereocenters. The number of nitrogen functional groups attached to an aromatic ring is 1. The molecule has 3 aromatic rings. The minimum Gasteiger partial charge on any atom is -0.456 e. The SMILES string of the molecule is Nc1cc(-c2cc3cc(Cl)ccc3o2)ccc1Cl. The van der Waals surface area contributed by atoms with Crippen LogP contribution in [0.3, 0.4) is 0 Å². The topological polar surface area (TPSA) is 39.2 Å². The lowest BCUT2D eigenvalue weighted by atomic mass is 10.1. The van der Waals surface area contributed by atoms with Crippen LogP contribution in [0.5, 0.6) is 0 Å². The van der Waals surface area contributed by atoms with Gasteiger partial charge in [0.05, 0.1) is 10.7 Å². The Labute approximate surface area is 114 Å². The van der Waals surface area contributed by atoms with Gasteiger partial charge in [0.25, 0.3) is 0 Å². The van der Waals surface area contributed by atoms with Gasteiger partial charge in [-0.25, -0.2) is 0 Å². The summed E-state index contributed by atoms with van der Waals surface area (Å²) in [7, 11) is 0. The number of rotatable bonds is 1. The standard InChI is InChI=1S/C14H9Cl2NO/c15-10-2-4-13-9(5-10)7-14(18-13)8-1-3-11(16)12(17)6-8/h1-7H,17H2. The van der Waals surface area contributed by atoms with E-state index < -0.39 is 0 Å². The van der Waals surface area contributed by atoms with E-state index in [1.807, 2.05) is 24.3 Å². The maximum absolute atomic E-state index is 5.94. The van der Waals surface area contributed by atoms with Crippen molar-refractivity contribution in [3.63, 3.8) is 0 Å². The Balaban J connectivity index is 2.16. The van der Waals surface area contributed by atoms with Gasteiger partial charge in [0, 0.05) is 16.0 Å². The van der Waals surface area contributed by atoms with Gasteiger partial charge in [0.15, 0.2) is 0 Å². The van der Waals surface area contributed by atoms with Crippen molar-refractivity contribution < 1.29 is 4.42 Å². The minimum absolute atomic E-state index is 0.535. The summed E-state index contributed by atoms with van der Waals surface area (Å²) in [6.45, 7) is 0. The Morgan fingerprint density at radius 2 is 1.78 bits per heavy atom. The molecule has 2 N–H and O–H groups in total. The lowest BCUT2D eigenvalue weighted by Gasteiger charge is -2.00. The molecule has 0 amide bonds. The molecule has 0 aliphatic heterocycles. The van der Waals surface area contributed by atoms with Crippen LogP contribution in [0, 0.1) is 0 Å². The first kappa shape index (κ1) is 11.5. The van der Waals surface area contributed by atoms with Crippen molar-refractivity contribution in [3.8, 4) is 11.3 Å². The highest BCUT2D eigenvalue weighted by molar-refractivity contribution is 6.33. The number of fused-ring (bicyclic) bond motifs is 1. The summed E-state index contributed by atoms with van der Waals surface area (Å²) in [5.74, 6) is 0.746.